The Hall–Kier alpha value is -2.58. The van der Waals surface area contributed by atoms with Crippen LogP contribution in [0.1, 0.15) is 31.4 Å². The van der Waals surface area contributed by atoms with E-state index >= 15 is 0 Å². The van der Waals surface area contributed by atoms with E-state index in [4.69, 9.17) is 16.3 Å². The average molecular weight is 502 g/mol. The zero-order valence-corrected chi connectivity index (χ0v) is 21.5. The lowest BCUT2D eigenvalue weighted by Crippen LogP contribution is -2.51. The maximum Gasteiger partial charge on any atom is 0.223 e. The van der Waals surface area contributed by atoms with Crippen LogP contribution in [0.4, 0.5) is 0 Å². The molecule has 4 rings (SSSR count). The molecule has 2 aliphatic rings. The Kier molecular flexibility index (Phi) is 8.34. The normalized spacial score (nSPS) is 18.5. The maximum absolute atomic E-state index is 13.3. The Morgan fingerprint density at radius 3 is 2.37 bits per heavy atom. The first-order valence-electron chi connectivity index (χ1n) is 12.4. The van der Waals surface area contributed by atoms with Gasteiger partial charge >= 0.3 is 0 Å². The van der Waals surface area contributed by atoms with E-state index in [0.29, 0.717) is 49.7 Å². The number of halogens is 1. The lowest BCUT2D eigenvalue weighted by molar-refractivity contribution is -0.139. The number of likely N-dealkylation sites (tertiary alicyclic amines) is 1. The van der Waals surface area contributed by atoms with Crippen LogP contribution in [0.2, 0.25) is 5.02 Å². The summed E-state index contributed by atoms with van der Waals surface area (Å²) in [6.07, 6.45) is 4.82. The van der Waals surface area contributed by atoms with Crippen molar-refractivity contribution < 1.29 is 14.3 Å². The van der Waals surface area contributed by atoms with Crippen molar-refractivity contribution in [3.8, 4) is 5.75 Å². The SMILES string of the molecule is CN1CCN(C(=O)CC2(COc3cccc(Cl)c3)CCN(C(=O)CCc3ccnn3C)CC2)CC1. The number of aromatic nitrogens is 2. The van der Waals surface area contributed by atoms with Gasteiger partial charge in [-0.1, -0.05) is 17.7 Å². The zero-order chi connectivity index (χ0) is 24.8. The van der Waals surface area contributed by atoms with E-state index in [0.717, 1.165) is 44.7 Å². The Balaban J connectivity index is 1.38. The number of likely N-dealkylation sites (N-methyl/N-ethyl adjacent to an activating group) is 1. The van der Waals surface area contributed by atoms with Crippen LogP contribution >= 0.6 is 11.6 Å². The largest absolute Gasteiger partial charge is 0.493 e. The van der Waals surface area contributed by atoms with E-state index in [1.165, 1.54) is 0 Å². The molecule has 9 heteroatoms. The fraction of sp³-hybridized carbons (Fsp3) is 0.577. The fourth-order valence-electron chi connectivity index (χ4n) is 4.92. The van der Waals surface area contributed by atoms with Crippen LogP contribution in [0, 0.1) is 5.41 Å². The topological polar surface area (TPSA) is 70.9 Å². The first kappa shape index (κ1) is 25.5. The molecule has 0 radical (unpaired) electrons. The predicted molar refractivity (Wildman–Crippen MR) is 135 cm³/mol. The number of rotatable bonds is 8. The predicted octanol–water partition coefficient (Wildman–Crippen LogP) is 2.86. The summed E-state index contributed by atoms with van der Waals surface area (Å²) in [4.78, 5) is 32.3. The molecule has 1 aromatic carbocycles. The third kappa shape index (κ3) is 6.76. The molecule has 0 saturated carbocycles. The van der Waals surface area contributed by atoms with Gasteiger partial charge in [0.1, 0.15) is 5.75 Å². The number of amides is 2. The highest BCUT2D eigenvalue weighted by molar-refractivity contribution is 6.30. The highest BCUT2D eigenvalue weighted by Gasteiger charge is 2.40. The quantitative estimate of drug-likeness (QED) is 0.556. The minimum absolute atomic E-state index is 0.154. The van der Waals surface area contributed by atoms with Gasteiger partial charge in [0, 0.05) is 81.5 Å². The molecule has 0 bridgehead atoms. The van der Waals surface area contributed by atoms with Crippen LogP contribution in [0.15, 0.2) is 36.5 Å². The van der Waals surface area contributed by atoms with Gasteiger partial charge in [0.15, 0.2) is 0 Å². The summed E-state index contributed by atoms with van der Waals surface area (Å²) >= 11 is 6.13. The van der Waals surface area contributed by atoms with Gasteiger partial charge in [0.2, 0.25) is 11.8 Å². The van der Waals surface area contributed by atoms with Gasteiger partial charge in [0.25, 0.3) is 0 Å². The van der Waals surface area contributed by atoms with Crippen molar-refractivity contribution in [3.63, 3.8) is 0 Å². The van der Waals surface area contributed by atoms with Crippen LogP contribution in [0.3, 0.4) is 0 Å². The fourth-order valence-corrected chi connectivity index (χ4v) is 5.10. The molecule has 2 amide bonds. The molecule has 190 valence electrons. The minimum atomic E-state index is -0.304. The molecule has 35 heavy (non-hydrogen) atoms. The number of piperazine rings is 1. The van der Waals surface area contributed by atoms with E-state index in [1.807, 2.05) is 45.8 Å². The van der Waals surface area contributed by atoms with E-state index in [1.54, 1.807) is 12.3 Å². The standard InChI is InChI=1S/C26H36ClN5O3/c1-29-14-16-32(17-15-29)25(34)19-26(20-35-23-5-3-4-21(27)18-23)9-12-31(13-10-26)24(33)7-6-22-8-11-28-30(22)2/h3-5,8,11,18H,6-7,9-10,12-17,19-20H2,1-2H3. The van der Waals surface area contributed by atoms with Crippen molar-refractivity contribution in [2.75, 3.05) is 52.9 Å². The van der Waals surface area contributed by atoms with Crippen molar-refractivity contribution in [2.45, 2.75) is 32.1 Å². The smallest absolute Gasteiger partial charge is 0.223 e. The first-order chi connectivity index (χ1) is 16.8. The molecule has 0 spiro atoms. The highest BCUT2D eigenvalue weighted by Crippen LogP contribution is 2.37. The van der Waals surface area contributed by atoms with Crippen LogP contribution in [0.25, 0.3) is 0 Å². The highest BCUT2D eigenvalue weighted by atomic mass is 35.5. The number of carbonyl (C=O) groups excluding carboxylic acids is 2. The molecule has 3 heterocycles. The monoisotopic (exact) mass is 501 g/mol. The number of benzene rings is 1. The minimum Gasteiger partial charge on any atom is -0.493 e. The van der Waals surface area contributed by atoms with E-state index in [9.17, 15) is 9.59 Å². The second-order valence-corrected chi connectivity index (χ2v) is 10.4. The maximum atomic E-state index is 13.3. The lowest BCUT2D eigenvalue weighted by atomic mass is 9.75. The van der Waals surface area contributed by atoms with Crippen LogP contribution in [0.5, 0.6) is 5.75 Å². The number of piperidine rings is 1. The van der Waals surface area contributed by atoms with Gasteiger partial charge in [-0.15, -0.1) is 0 Å². The van der Waals surface area contributed by atoms with Crippen molar-refractivity contribution >= 4 is 23.4 Å². The van der Waals surface area contributed by atoms with Crippen molar-refractivity contribution in [3.05, 3.63) is 47.2 Å². The van der Waals surface area contributed by atoms with Crippen molar-refractivity contribution in [2.24, 2.45) is 12.5 Å². The van der Waals surface area contributed by atoms with Gasteiger partial charge in [-0.05, 0) is 50.6 Å². The van der Waals surface area contributed by atoms with Gasteiger partial charge in [-0.25, -0.2) is 0 Å². The molecule has 2 aliphatic heterocycles. The summed E-state index contributed by atoms with van der Waals surface area (Å²) in [5.74, 6) is 1.04. The number of hydrogen-bond acceptors (Lipinski definition) is 5. The van der Waals surface area contributed by atoms with E-state index < -0.39 is 0 Å². The van der Waals surface area contributed by atoms with Crippen LogP contribution < -0.4 is 4.74 Å². The lowest BCUT2D eigenvalue weighted by Gasteiger charge is -2.43. The molecule has 1 aromatic heterocycles. The van der Waals surface area contributed by atoms with Gasteiger partial charge in [0.05, 0.1) is 6.61 Å². The Morgan fingerprint density at radius 1 is 1.00 bits per heavy atom. The van der Waals surface area contributed by atoms with E-state index in [2.05, 4.69) is 17.0 Å². The Morgan fingerprint density at radius 2 is 1.71 bits per heavy atom. The molecule has 0 N–H and O–H groups in total. The second-order valence-electron chi connectivity index (χ2n) is 9.93. The number of ether oxygens (including phenoxy) is 1. The molecule has 2 fully saturated rings. The zero-order valence-electron chi connectivity index (χ0n) is 20.8. The summed E-state index contributed by atoms with van der Waals surface area (Å²) in [6, 6.07) is 9.32. The Labute approximate surface area is 212 Å². The third-order valence-electron chi connectivity index (χ3n) is 7.42. The third-order valence-corrected chi connectivity index (χ3v) is 7.65. The van der Waals surface area contributed by atoms with Gasteiger partial charge in [-0.2, -0.15) is 5.10 Å². The van der Waals surface area contributed by atoms with Crippen LogP contribution in [-0.4, -0.2) is 89.2 Å². The summed E-state index contributed by atoms with van der Waals surface area (Å²) in [6.45, 7) is 5.04. The molecular weight excluding hydrogens is 466 g/mol. The Bertz CT molecular complexity index is 1010. The van der Waals surface area contributed by atoms with E-state index in [-0.39, 0.29) is 17.2 Å². The molecule has 0 unspecified atom stereocenters. The number of nitrogens with zero attached hydrogens (tertiary/aromatic N) is 5. The van der Waals surface area contributed by atoms with Gasteiger partial charge in [-0.3, -0.25) is 14.3 Å². The first-order valence-corrected chi connectivity index (χ1v) is 12.8. The second kappa shape index (κ2) is 11.4. The molecule has 2 aromatic rings. The molecule has 0 aliphatic carbocycles. The number of hydrogen-bond donors (Lipinski definition) is 0. The van der Waals surface area contributed by atoms with Crippen molar-refractivity contribution in [1.29, 1.82) is 0 Å². The summed E-state index contributed by atoms with van der Waals surface area (Å²) in [7, 11) is 3.98. The van der Waals surface area contributed by atoms with Crippen LogP contribution in [-0.2, 0) is 23.1 Å². The number of carbonyl (C=O) groups is 2. The van der Waals surface area contributed by atoms with Crippen molar-refractivity contribution in [1.82, 2.24) is 24.5 Å². The summed E-state index contributed by atoms with van der Waals surface area (Å²) in [5.41, 5.74) is 0.749. The summed E-state index contributed by atoms with van der Waals surface area (Å²) < 4.78 is 7.97. The van der Waals surface area contributed by atoms with Gasteiger partial charge < -0.3 is 19.4 Å². The molecule has 8 nitrogen and oxygen atoms in total. The average Bonchev–Trinajstić information content (AvgIpc) is 3.27. The molecule has 2 saturated heterocycles. The molecular formula is C26H36ClN5O3. The molecule has 0 atom stereocenters. The summed E-state index contributed by atoms with van der Waals surface area (Å²) in [5, 5.41) is 4.80. The number of aryl methyl sites for hydroxylation is 2.